The molecule has 31 heavy (non-hydrogen) atoms. The summed E-state index contributed by atoms with van der Waals surface area (Å²) in [6.07, 6.45) is 7.35. The molecular formula is C24H29N3O4. The number of ether oxygens (including phenoxy) is 1. The van der Waals surface area contributed by atoms with E-state index in [-0.39, 0.29) is 6.04 Å². The summed E-state index contributed by atoms with van der Waals surface area (Å²) in [7, 11) is 1.53. The Balaban J connectivity index is 1.74. The molecule has 7 heteroatoms. The fourth-order valence-electron chi connectivity index (χ4n) is 4.50. The van der Waals surface area contributed by atoms with Crippen molar-refractivity contribution < 1.29 is 19.4 Å². The zero-order valence-corrected chi connectivity index (χ0v) is 17.8. The first-order valence-corrected chi connectivity index (χ1v) is 10.9. The summed E-state index contributed by atoms with van der Waals surface area (Å²) in [6.45, 7) is 0. The summed E-state index contributed by atoms with van der Waals surface area (Å²) < 4.78 is 5.29. The smallest absolute Gasteiger partial charge is 0.329 e. The van der Waals surface area contributed by atoms with Crippen LogP contribution in [0.3, 0.4) is 0 Å². The Morgan fingerprint density at radius 1 is 1.10 bits per heavy atom. The van der Waals surface area contributed by atoms with Crippen molar-refractivity contribution >= 4 is 23.3 Å². The second kappa shape index (κ2) is 8.98. The topological polar surface area (TPSA) is 90.9 Å². The van der Waals surface area contributed by atoms with Crippen LogP contribution in [0.5, 0.6) is 5.75 Å². The van der Waals surface area contributed by atoms with Crippen LogP contribution in [0, 0.1) is 0 Å². The fraction of sp³-hybridized carbons (Fsp3) is 0.417. The summed E-state index contributed by atoms with van der Waals surface area (Å²) in [5.74, 6) is -0.0740. The quantitative estimate of drug-likeness (QED) is 0.690. The third kappa shape index (κ3) is 4.10. The molecule has 7 nitrogen and oxygen atoms in total. The molecule has 1 aliphatic carbocycles. The number of rotatable bonds is 4. The summed E-state index contributed by atoms with van der Waals surface area (Å²) in [4.78, 5) is 27.8. The number of carbonyl (C=O) groups is 2. The highest BCUT2D eigenvalue weighted by Gasteiger charge is 2.52. The molecule has 3 amide bonds. The number of nitrogens with one attached hydrogen (secondary N) is 2. The molecule has 1 atom stereocenters. The second-order valence-corrected chi connectivity index (χ2v) is 8.20. The molecule has 0 radical (unpaired) electrons. The molecule has 164 valence electrons. The van der Waals surface area contributed by atoms with E-state index in [2.05, 4.69) is 10.6 Å². The summed E-state index contributed by atoms with van der Waals surface area (Å²) in [5.41, 5.74) is -1.07. The lowest BCUT2D eigenvalue weighted by Crippen LogP contribution is -2.63. The third-order valence-electron chi connectivity index (χ3n) is 6.14. The van der Waals surface area contributed by atoms with E-state index in [1.807, 2.05) is 0 Å². The van der Waals surface area contributed by atoms with Crippen LogP contribution in [0.2, 0.25) is 0 Å². The number of amides is 3. The van der Waals surface area contributed by atoms with Crippen LogP contribution < -0.4 is 20.3 Å². The highest BCUT2D eigenvalue weighted by molar-refractivity contribution is 6.11. The van der Waals surface area contributed by atoms with Gasteiger partial charge in [-0.15, -0.1) is 0 Å². The minimum atomic E-state index is -2.19. The van der Waals surface area contributed by atoms with Crippen molar-refractivity contribution in [3.63, 3.8) is 0 Å². The van der Waals surface area contributed by atoms with Gasteiger partial charge in [0.2, 0.25) is 0 Å². The molecule has 0 bridgehead atoms. The molecule has 2 aromatic carbocycles. The Bertz CT molecular complexity index is 955. The van der Waals surface area contributed by atoms with Gasteiger partial charge in [0.25, 0.3) is 11.6 Å². The van der Waals surface area contributed by atoms with Crippen LogP contribution in [0.25, 0.3) is 0 Å². The molecule has 2 aromatic rings. The van der Waals surface area contributed by atoms with Crippen LogP contribution in [0.15, 0.2) is 48.5 Å². The molecule has 0 saturated heterocycles. The number of aliphatic hydroxyl groups is 1. The van der Waals surface area contributed by atoms with Gasteiger partial charge in [0.1, 0.15) is 5.75 Å². The Hall–Kier alpha value is -3.06. The lowest BCUT2D eigenvalue weighted by Gasteiger charge is -2.43. The zero-order chi connectivity index (χ0) is 21.8. The number of para-hydroxylation sites is 1. The highest BCUT2D eigenvalue weighted by Crippen LogP contribution is 2.40. The first-order chi connectivity index (χ1) is 15.0. The molecule has 1 aliphatic heterocycles. The fourth-order valence-corrected chi connectivity index (χ4v) is 4.50. The minimum Gasteiger partial charge on any atom is -0.497 e. The van der Waals surface area contributed by atoms with Crippen LogP contribution in [0.1, 0.15) is 50.5 Å². The van der Waals surface area contributed by atoms with Gasteiger partial charge < -0.3 is 20.5 Å². The van der Waals surface area contributed by atoms with E-state index < -0.39 is 17.7 Å². The van der Waals surface area contributed by atoms with Crippen molar-refractivity contribution in [2.24, 2.45) is 0 Å². The lowest BCUT2D eigenvalue weighted by molar-refractivity contribution is -0.141. The number of fused-ring (bicyclic) bond motifs is 1. The van der Waals surface area contributed by atoms with E-state index in [0.717, 1.165) is 43.4 Å². The average molecular weight is 424 g/mol. The summed E-state index contributed by atoms with van der Waals surface area (Å²) in [5, 5.41) is 17.7. The van der Waals surface area contributed by atoms with E-state index >= 15 is 0 Å². The van der Waals surface area contributed by atoms with Crippen LogP contribution >= 0.6 is 0 Å². The number of hydrogen-bond donors (Lipinski definition) is 3. The van der Waals surface area contributed by atoms with Crippen LogP contribution in [0.4, 0.5) is 16.2 Å². The van der Waals surface area contributed by atoms with Gasteiger partial charge in [0.05, 0.1) is 18.5 Å². The van der Waals surface area contributed by atoms with Gasteiger partial charge in [-0.3, -0.25) is 9.69 Å². The maximum atomic E-state index is 13.6. The second-order valence-electron chi connectivity index (χ2n) is 8.20. The normalized spacial score (nSPS) is 22.0. The molecule has 1 saturated carbocycles. The van der Waals surface area contributed by atoms with E-state index in [9.17, 15) is 14.7 Å². The molecule has 2 aliphatic rings. The molecule has 0 unspecified atom stereocenters. The highest BCUT2D eigenvalue weighted by atomic mass is 16.5. The third-order valence-corrected chi connectivity index (χ3v) is 6.14. The number of anilines is 2. The predicted molar refractivity (Wildman–Crippen MR) is 119 cm³/mol. The van der Waals surface area contributed by atoms with Crippen molar-refractivity contribution in [1.29, 1.82) is 0 Å². The first-order valence-electron chi connectivity index (χ1n) is 10.9. The molecule has 1 fully saturated rings. The average Bonchev–Trinajstić information content (AvgIpc) is 2.75. The molecular weight excluding hydrogens is 394 g/mol. The zero-order valence-electron chi connectivity index (χ0n) is 17.8. The van der Waals surface area contributed by atoms with E-state index in [1.165, 1.54) is 13.5 Å². The SMILES string of the molecule is COc1cccc(N2C(=O)Nc3ccccc3[C@]2(O)C(=O)NC2CCCCCCC2)c1. The standard InChI is InChI=1S/C24H29N3O4/c1-31-19-13-9-12-18(16-19)27-23(29)26-21-15-8-7-14-20(21)24(27,30)22(28)25-17-10-5-3-2-4-6-11-17/h7-9,12-17,30H,2-6,10-11H2,1H3,(H,25,28)(H,26,29)/t24-/m0/s1. The number of carbonyl (C=O) groups excluding carboxylic acids is 2. The summed E-state index contributed by atoms with van der Waals surface area (Å²) >= 11 is 0. The number of methoxy groups -OCH3 is 1. The monoisotopic (exact) mass is 423 g/mol. The van der Waals surface area contributed by atoms with Crippen LogP contribution in [-0.4, -0.2) is 30.2 Å². The molecule has 0 spiro atoms. The molecule has 1 heterocycles. The van der Waals surface area contributed by atoms with E-state index in [0.29, 0.717) is 22.7 Å². The van der Waals surface area contributed by atoms with Gasteiger partial charge in [-0.2, -0.15) is 0 Å². The van der Waals surface area contributed by atoms with Crippen molar-refractivity contribution in [1.82, 2.24) is 5.32 Å². The first kappa shape index (κ1) is 21.2. The maximum absolute atomic E-state index is 13.6. The molecule has 3 N–H and O–H groups in total. The minimum absolute atomic E-state index is 0.0267. The Morgan fingerprint density at radius 2 is 1.81 bits per heavy atom. The summed E-state index contributed by atoms with van der Waals surface area (Å²) in [6, 6.07) is 13.0. The number of urea groups is 1. The van der Waals surface area contributed by atoms with Crippen LogP contribution in [-0.2, 0) is 10.5 Å². The van der Waals surface area contributed by atoms with Gasteiger partial charge in [-0.05, 0) is 31.0 Å². The van der Waals surface area contributed by atoms with Crippen molar-refractivity contribution in [3.05, 3.63) is 54.1 Å². The number of hydrogen-bond acceptors (Lipinski definition) is 4. The van der Waals surface area contributed by atoms with E-state index in [4.69, 9.17) is 4.74 Å². The maximum Gasteiger partial charge on any atom is 0.329 e. The Kier molecular flexibility index (Phi) is 6.13. The predicted octanol–water partition coefficient (Wildman–Crippen LogP) is 4.12. The van der Waals surface area contributed by atoms with Crippen molar-refractivity contribution in [2.75, 3.05) is 17.3 Å². The lowest BCUT2D eigenvalue weighted by atomic mass is 9.92. The molecule has 0 aromatic heterocycles. The van der Waals surface area contributed by atoms with Gasteiger partial charge >= 0.3 is 6.03 Å². The van der Waals surface area contributed by atoms with Crippen molar-refractivity contribution in [2.45, 2.75) is 56.7 Å². The Morgan fingerprint density at radius 3 is 2.55 bits per heavy atom. The largest absolute Gasteiger partial charge is 0.497 e. The number of nitrogens with zero attached hydrogens (tertiary/aromatic N) is 1. The number of benzene rings is 2. The van der Waals surface area contributed by atoms with Crippen molar-refractivity contribution in [3.8, 4) is 5.75 Å². The van der Waals surface area contributed by atoms with Gasteiger partial charge in [0.15, 0.2) is 0 Å². The molecule has 4 rings (SSSR count). The van der Waals surface area contributed by atoms with E-state index in [1.54, 1.807) is 48.5 Å². The van der Waals surface area contributed by atoms with Gasteiger partial charge in [0, 0.05) is 17.7 Å². The van der Waals surface area contributed by atoms with Gasteiger partial charge in [-0.25, -0.2) is 4.79 Å². The Labute approximate surface area is 182 Å². The van der Waals surface area contributed by atoms with Gasteiger partial charge in [-0.1, -0.05) is 56.4 Å².